The molecule has 10 aromatic carbocycles. The predicted octanol–water partition coefficient (Wildman–Crippen LogP) is 14.5. The van der Waals surface area contributed by atoms with Crippen LogP contribution in [0, 0.1) is 12.7 Å². The molecule has 0 radical (unpaired) electrons. The molecule has 0 amide bonds. The average Bonchev–Trinajstić information content (AvgIpc) is 4.39. The van der Waals surface area contributed by atoms with E-state index in [-0.39, 0.29) is 0 Å². The normalized spacial score (nSPS) is 12.0. The van der Waals surface area contributed by atoms with Crippen LogP contribution in [0.5, 0.6) is 0 Å². The lowest BCUT2D eigenvalue weighted by Crippen LogP contribution is -2.30. The van der Waals surface area contributed by atoms with Gasteiger partial charge in [-0.15, -0.1) is 0 Å². The van der Waals surface area contributed by atoms with Gasteiger partial charge in [-0.2, -0.15) is 0 Å². The van der Waals surface area contributed by atoms with Crippen LogP contribution in [0.4, 0.5) is 0 Å². The van der Waals surface area contributed by atoms with Gasteiger partial charge in [0.1, 0.15) is 0 Å². The standard InChI is InChI=1S/C70H42N10/c1-2-23-48-47(22-1)55-41-54(71-69(72-55)79-59-30-9-3-24-49(59)50-25-4-10-31-60(50)79)45-20-19-21-46(40-45)75-43-77(64-35-14-13-34-63(64)75)67-38-17-18-39-68(67)78-44-76(65-36-15-16-37-66(65)78)58-29-8-7-28-53(58)57-42-56(48)73-70(74-57)80-61-32-11-5-26-51(61)52-27-6-12-33-62(52)80/h1-42H. The lowest BCUT2D eigenvalue weighted by molar-refractivity contribution is -0.572. The number of imidazole rings is 2. The minimum absolute atomic E-state index is 0.543. The molecule has 17 rings (SSSR count). The highest BCUT2D eigenvalue weighted by molar-refractivity contribution is 6.10. The van der Waals surface area contributed by atoms with E-state index in [0.29, 0.717) is 11.9 Å². The van der Waals surface area contributed by atoms with Crippen LogP contribution in [0.1, 0.15) is 0 Å². The second-order valence-corrected chi connectivity index (χ2v) is 20.2. The van der Waals surface area contributed by atoms with Crippen LogP contribution >= 0.6 is 0 Å². The molecule has 6 aromatic heterocycles. The molecule has 0 unspecified atom stereocenters. The van der Waals surface area contributed by atoms with E-state index >= 15 is 0 Å². The lowest BCUT2D eigenvalue weighted by atomic mass is 9.98. The van der Waals surface area contributed by atoms with Gasteiger partial charge in [-0.25, -0.2) is 19.9 Å². The van der Waals surface area contributed by atoms with Gasteiger partial charge in [-0.1, -0.05) is 200 Å². The van der Waals surface area contributed by atoms with Crippen molar-refractivity contribution in [3.63, 3.8) is 0 Å². The molecule has 10 nitrogen and oxygen atoms in total. The van der Waals surface area contributed by atoms with Crippen LogP contribution in [-0.4, -0.2) is 38.2 Å². The van der Waals surface area contributed by atoms with Crippen molar-refractivity contribution in [1.29, 1.82) is 0 Å². The monoisotopic (exact) mass is 1020 g/mol. The van der Waals surface area contributed by atoms with E-state index in [1.54, 1.807) is 0 Å². The summed E-state index contributed by atoms with van der Waals surface area (Å²) >= 11 is 0. The maximum Gasteiger partial charge on any atom is 0.269 e. The van der Waals surface area contributed by atoms with Gasteiger partial charge < -0.3 is 0 Å². The molecule has 7 heterocycles. The number of nitrogens with zero attached hydrogens (tertiary/aromatic N) is 10. The molecular formula is C70H42N10. The molecule has 1 aliphatic rings. The van der Waals surface area contributed by atoms with Gasteiger partial charge in [-0.05, 0) is 60.2 Å². The Balaban J connectivity index is 1.01. The minimum atomic E-state index is 0.543. The first-order valence-corrected chi connectivity index (χ1v) is 26.7. The van der Waals surface area contributed by atoms with E-state index in [1.807, 2.05) is 0 Å². The molecule has 0 saturated carbocycles. The molecular weight excluding hydrogens is 981 g/mol. The Morgan fingerprint density at radius 3 is 1.23 bits per heavy atom. The van der Waals surface area contributed by atoms with Crippen molar-refractivity contribution in [2.75, 3.05) is 0 Å². The van der Waals surface area contributed by atoms with E-state index in [0.717, 1.165) is 133 Å². The molecule has 372 valence electrons. The summed E-state index contributed by atoms with van der Waals surface area (Å²) in [6, 6.07) is 89.3. The maximum absolute atomic E-state index is 5.64. The van der Waals surface area contributed by atoms with Gasteiger partial charge >= 0.3 is 0 Å². The van der Waals surface area contributed by atoms with Crippen molar-refractivity contribution in [3.05, 3.63) is 267 Å². The Hall–Kier alpha value is -11.1. The van der Waals surface area contributed by atoms with Crippen molar-refractivity contribution in [2.45, 2.75) is 0 Å². The minimum Gasteiger partial charge on any atom is -0.295 e. The average molecular weight is 1020 g/mol. The Morgan fingerprint density at radius 2 is 0.688 bits per heavy atom. The SMILES string of the molecule is [c-]1n2c3ccccc3[n+]1-c1cccc(c1)-c1cc(nc(-n3c4ccccc4c4ccccc43)n1)-c1ccccc1-c1cc(nc(-n3c4ccccc4c4ccccc43)n1)-c1ccccc1-[n+]1[c-]n(c3ccccc31)-c1ccccc1-2. The summed E-state index contributed by atoms with van der Waals surface area (Å²) in [5.41, 5.74) is 18.3. The van der Waals surface area contributed by atoms with Crippen molar-refractivity contribution in [3.8, 4) is 79.7 Å². The fraction of sp³-hybridized carbons (Fsp3) is 0. The topological polar surface area (TPSA) is 79.0 Å². The third-order valence-corrected chi connectivity index (χ3v) is 15.8. The zero-order chi connectivity index (χ0) is 52.4. The Kier molecular flexibility index (Phi) is 9.48. The van der Waals surface area contributed by atoms with E-state index in [4.69, 9.17) is 19.9 Å². The molecule has 16 aromatic rings. The Bertz CT molecular complexity index is 5120. The third kappa shape index (κ3) is 6.59. The van der Waals surface area contributed by atoms with Gasteiger partial charge in [0.15, 0.2) is 0 Å². The summed E-state index contributed by atoms with van der Waals surface area (Å²) in [6.07, 6.45) is 7.71. The highest BCUT2D eigenvalue weighted by atomic mass is 15.2. The highest BCUT2D eigenvalue weighted by Crippen LogP contribution is 2.40. The largest absolute Gasteiger partial charge is 0.295 e. The lowest BCUT2D eigenvalue weighted by Gasteiger charge is -2.17. The molecule has 80 heavy (non-hydrogen) atoms. The summed E-state index contributed by atoms with van der Waals surface area (Å²) in [5.74, 6) is 1.09. The zero-order valence-corrected chi connectivity index (χ0v) is 42.7. The van der Waals surface area contributed by atoms with E-state index in [9.17, 15) is 0 Å². The van der Waals surface area contributed by atoms with Crippen molar-refractivity contribution in [2.24, 2.45) is 0 Å². The highest BCUT2D eigenvalue weighted by Gasteiger charge is 2.25. The molecule has 0 spiro atoms. The first kappa shape index (κ1) is 44.1. The molecule has 0 fully saturated rings. The smallest absolute Gasteiger partial charge is 0.269 e. The van der Waals surface area contributed by atoms with Crippen molar-refractivity contribution in [1.82, 2.24) is 38.2 Å². The van der Waals surface area contributed by atoms with E-state index < -0.39 is 0 Å². The molecule has 0 atom stereocenters. The fourth-order valence-corrected chi connectivity index (χ4v) is 12.2. The summed E-state index contributed by atoms with van der Waals surface area (Å²) in [7, 11) is 0. The number of hydrogen-bond donors (Lipinski definition) is 0. The summed E-state index contributed by atoms with van der Waals surface area (Å²) in [4.78, 5) is 22.4. The summed E-state index contributed by atoms with van der Waals surface area (Å²) < 4.78 is 13.1. The van der Waals surface area contributed by atoms with Crippen LogP contribution in [0.25, 0.3) is 145 Å². The van der Waals surface area contributed by atoms with Crippen molar-refractivity contribution >= 4 is 65.7 Å². The zero-order valence-electron chi connectivity index (χ0n) is 42.7. The van der Waals surface area contributed by atoms with Crippen LogP contribution in [0.2, 0.25) is 0 Å². The summed E-state index contributed by atoms with van der Waals surface area (Å²) in [6.45, 7) is 0. The fourth-order valence-electron chi connectivity index (χ4n) is 12.2. The maximum atomic E-state index is 5.64. The van der Waals surface area contributed by atoms with Gasteiger partial charge in [-0.3, -0.25) is 27.4 Å². The third-order valence-electron chi connectivity index (χ3n) is 15.8. The van der Waals surface area contributed by atoms with Crippen LogP contribution in [-0.2, 0) is 0 Å². The molecule has 10 bridgehead atoms. The van der Waals surface area contributed by atoms with Gasteiger partial charge in [0.05, 0.1) is 89.7 Å². The van der Waals surface area contributed by atoms with Crippen LogP contribution < -0.4 is 9.13 Å². The predicted molar refractivity (Wildman–Crippen MR) is 316 cm³/mol. The van der Waals surface area contributed by atoms with Gasteiger partial charge in [0.2, 0.25) is 11.9 Å². The van der Waals surface area contributed by atoms with Gasteiger partial charge in [0, 0.05) is 38.2 Å². The first-order chi connectivity index (χ1) is 39.7. The molecule has 0 aliphatic carbocycles. The molecule has 1 aliphatic heterocycles. The number of benzene rings is 10. The number of rotatable bonds is 2. The van der Waals surface area contributed by atoms with Crippen LogP contribution in [0.3, 0.4) is 0 Å². The Morgan fingerprint density at radius 1 is 0.300 bits per heavy atom. The number of aromatic nitrogens is 10. The quantitative estimate of drug-likeness (QED) is 0.128. The number of hydrogen-bond acceptors (Lipinski definition) is 4. The van der Waals surface area contributed by atoms with E-state index in [2.05, 4.69) is 295 Å². The van der Waals surface area contributed by atoms with Crippen molar-refractivity contribution < 1.29 is 9.13 Å². The van der Waals surface area contributed by atoms with E-state index in [1.165, 1.54) is 0 Å². The first-order valence-electron chi connectivity index (χ1n) is 26.7. The molecule has 10 heteroatoms. The van der Waals surface area contributed by atoms with Gasteiger partial charge in [0.25, 0.3) is 12.7 Å². The molecule has 0 N–H and O–H groups in total. The van der Waals surface area contributed by atoms with Crippen LogP contribution in [0.15, 0.2) is 255 Å². The number of para-hydroxylation sites is 11. The molecule has 0 saturated heterocycles. The second kappa shape index (κ2) is 17.2. The Labute approximate surface area is 457 Å². The second-order valence-electron chi connectivity index (χ2n) is 20.2. The summed E-state index contributed by atoms with van der Waals surface area (Å²) in [5, 5.41) is 4.50. The number of fused-ring (bicyclic) bond motifs is 33.